The van der Waals surface area contributed by atoms with Gasteiger partial charge in [0.25, 0.3) is 11.2 Å². The number of carboxylic acids is 1. The number of ether oxygens (including phenoxy) is 1. The first-order valence-corrected chi connectivity index (χ1v) is 9.74. The molecule has 9 nitrogen and oxygen atoms in total. The number of nitro groups is 1. The number of benzene rings is 3. The third-order valence-electron chi connectivity index (χ3n) is 4.96. The smallest absolute Gasteiger partial charge is 0.335 e. The van der Waals surface area contributed by atoms with Crippen LogP contribution < -0.4 is 10.3 Å². The van der Waals surface area contributed by atoms with Gasteiger partial charge in [0, 0.05) is 12.1 Å². The van der Waals surface area contributed by atoms with Crippen molar-refractivity contribution < 1.29 is 19.6 Å². The lowest BCUT2D eigenvalue weighted by atomic mass is 10.1. The summed E-state index contributed by atoms with van der Waals surface area (Å²) in [6.07, 6.45) is 3.15. The van der Waals surface area contributed by atoms with Crippen LogP contribution in [0, 0.1) is 10.1 Å². The average Bonchev–Trinajstić information content (AvgIpc) is 2.82. The summed E-state index contributed by atoms with van der Waals surface area (Å²) in [6.45, 7) is 0. The maximum atomic E-state index is 13.5. The van der Waals surface area contributed by atoms with Crippen LogP contribution in [0.2, 0.25) is 0 Å². The van der Waals surface area contributed by atoms with E-state index in [0.717, 1.165) is 0 Å². The fourth-order valence-electron chi connectivity index (χ4n) is 3.36. The van der Waals surface area contributed by atoms with Gasteiger partial charge in [0.2, 0.25) is 0 Å². The normalized spacial score (nSPS) is 11.1. The summed E-state index contributed by atoms with van der Waals surface area (Å²) in [4.78, 5) is 40.1. The highest BCUT2D eigenvalue weighted by molar-refractivity contribution is 5.88. The fraction of sp³-hybridized carbons (Fsp3) is 0.0417. The first-order chi connectivity index (χ1) is 15.9. The van der Waals surface area contributed by atoms with E-state index >= 15 is 0 Å². The predicted octanol–water partition coefficient (Wildman–Crippen LogP) is 4.17. The summed E-state index contributed by atoms with van der Waals surface area (Å²) in [5.41, 5.74) is 0.807. The Bertz CT molecular complexity index is 1490. The highest BCUT2D eigenvalue weighted by Crippen LogP contribution is 2.21. The van der Waals surface area contributed by atoms with Crippen molar-refractivity contribution >= 4 is 34.7 Å². The monoisotopic (exact) mass is 443 g/mol. The van der Waals surface area contributed by atoms with Crippen molar-refractivity contribution in [3.05, 3.63) is 104 Å². The average molecular weight is 443 g/mol. The van der Waals surface area contributed by atoms with Crippen molar-refractivity contribution in [2.45, 2.75) is 0 Å². The molecule has 1 N–H and O–H groups in total. The molecule has 1 aromatic heterocycles. The molecule has 0 saturated heterocycles. The van der Waals surface area contributed by atoms with Crippen molar-refractivity contribution in [2.75, 3.05) is 7.11 Å². The van der Waals surface area contributed by atoms with E-state index < -0.39 is 16.5 Å². The SMILES string of the molecule is COc1ccc2nc(/C=C/c3cccc([N+](=O)[O-])c3)n(-c3cccc(C(=O)O)c3)c(=O)c2c1. The third-order valence-corrected chi connectivity index (χ3v) is 4.96. The Morgan fingerprint density at radius 2 is 1.88 bits per heavy atom. The van der Waals surface area contributed by atoms with Gasteiger partial charge in [0.05, 0.1) is 34.2 Å². The van der Waals surface area contributed by atoms with Gasteiger partial charge in [-0.05, 0) is 48.0 Å². The van der Waals surface area contributed by atoms with Gasteiger partial charge in [-0.25, -0.2) is 9.78 Å². The zero-order valence-corrected chi connectivity index (χ0v) is 17.3. The zero-order valence-electron chi connectivity index (χ0n) is 17.3. The first-order valence-electron chi connectivity index (χ1n) is 9.74. The van der Waals surface area contributed by atoms with E-state index in [4.69, 9.17) is 4.74 Å². The Kier molecular flexibility index (Phi) is 5.69. The fourth-order valence-corrected chi connectivity index (χ4v) is 3.36. The number of carboxylic acid groups (broad SMARTS) is 1. The summed E-state index contributed by atoms with van der Waals surface area (Å²) in [6, 6.07) is 16.9. The number of aromatic carboxylic acids is 1. The topological polar surface area (TPSA) is 125 Å². The number of fused-ring (bicyclic) bond motifs is 1. The summed E-state index contributed by atoms with van der Waals surface area (Å²) in [5.74, 6) is -0.423. The molecule has 3 aromatic carbocycles. The zero-order chi connectivity index (χ0) is 23.5. The van der Waals surface area contributed by atoms with E-state index in [0.29, 0.717) is 27.9 Å². The molecule has 0 aliphatic heterocycles. The van der Waals surface area contributed by atoms with Crippen molar-refractivity contribution in [1.29, 1.82) is 0 Å². The number of non-ortho nitro benzene ring substituents is 1. The molecule has 0 saturated carbocycles. The number of hydrogen-bond donors (Lipinski definition) is 1. The van der Waals surface area contributed by atoms with Crippen LogP contribution in [0.3, 0.4) is 0 Å². The lowest BCUT2D eigenvalue weighted by molar-refractivity contribution is -0.384. The Hall–Kier alpha value is -4.79. The van der Waals surface area contributed by atoms with E-state index in [1.807, 2.05) is 0 Å². The van der Waals surface area contributed by atoms with E-state index in [1.165, 1.54) is 42.0 Å². The van der Waals surface area contributed by atoms with Crippen LogP contribution in [0.4, 0.5) is 5.69 Å². The van der Waals surface area contributed by atoms with Crippen molar-refractivity contribution in [3.63, 3.8) is 0 Å². The summed E-state index contributed by atoms with van der Waals surface area (Å²) >= 11 is 0. The van der Waals surface area contributed by atoms with E-state index in [2.05, 4.69) is 4.98 Å². The molecule has 0 fully saturated rings. The standard InChI is InChI=1S/C24H17N3O6/c1-33-19-9-10-21-20(14-19)23(28)26(17-6-3-5-16(13-17)24(29)30)22(25-21)11-8-15-4-2-7-18(12-15)27(31)32/h2-14H,1H3,(H,29,30)/b11-8+. The highest BCUT2D eigenvalue weighted by atomic mass is 16.6. The number of carbonyl (C=O) groups is 1. The second kappa shape index (κ2) is 8.75. The molecule has 0 amide bonds. The number of hydrogen-bond acceptors (Lipinski definition) is 6. The van der Waals surface area contributed by atoms with Gasteiger partial charge in [-0.2, -0.15) is 0 Å². The molecular formula is C24H17N3O6. The molecule has 0 radical (unpaired) electrons. The number of nitro benzene ring substituents is 1. The minimum atomic E-state index is -1.13. The van der Waals surface area contributed by atoms with Gasteiger partial charge in [-0.1, -0.05) is 24.3 Å². The maximum Gasteiger partial charge on any atom is 0.335 e. The molecule has 4 rings (SSSR count). The van der Waals surface area contributed by atoms with E-state index in [-0.39, 0.29) is 17.1 Å². The summed E-state index contributed by atoms with van der Waals surface area (Å²) < 4.78 is 6.51. The third kappa shape index (κ3) is 4.33. The molecular weight excluding hydrogens is 426 g/mol. The molecule has 0 spiro atoms. The number of rotatable bonds is 6. The first kappa shape index (κ1) is 21.4. The van der Waals surface area contributed by atoms with Crippen LogP contribution >= 0.6 is 0 Å². The van der Waals surface area contributed by atoms with Crippen LogP contribution in [0.5, 0.6) is 5.75 Å². The quantitative estimate of drug-likeness (QED) is 0.350. The molecule has 4 aromatic rings. The predicted molar refractivity (Wildman–Crippen MR) is 123 cm³/mol. The minimum absolute atomic E-state index is 0.0127. The molecule has 0 aliphatic carbocycles. The lowest BCUT2D eigenvalue weighted by Gasteiger charge is -2.12. The van der Waals surface area contributed by atoms with Crippen molar-refractivity contribution in [2.24, 2.45) is 0 Å². The molecule has 0 aliphatic rings. The molecule has 0 atom stereocenters. The van der Waals surface area contributed by atoms with Crippen LogP contribution in [0.15, 0.2) is 71.5 Å². The Morgan fingerprint density at radius 1 is 1.09 bits per heavy atom. The molecule has 164 valence electrons. The second-order valence-electron chi connectivity index (χ2n) is 7.03. The highest BCUT2D eigenvalue weighted by Gasteiger charge is 2.14. The van der Waals surface area contributed by atoms with Crippen LogP contribution in [0.1, 0.15) is 21.7 Å². The summed E-state index contributed by atoms with van der Waals surface area (Å²) in [7, 11) is 1.49. The molecule has 0 unspecified atom stereocenters. The van der Waals surface area contributed by atoms with Crippen LogP contribution in [0.25, 0.3) is 28.7 Å². The number of nitrogens with zero attached hydrogens (tertiary/aromatic N) is 3. The lowest BCUT2D eigenvalue weighted by Crippen LogP contribution is -2.22. The molecule has 9 heteroatoms. The van der Waals surface area contributed by atoms with Gasteiger partial charge in [-0.3, -0.25) is 19.5 Å². The van der Waals surface area contributed by atoms with Gasteiger partial charge in [0.15, 0.2) is 0 Å². The van der Waals surface area contributed by atoms with Crippen LogP contribution in [-0.2, 0) is 0 Å². The van der Waals surface area contributed by atoms with Crippen LogP contribution in [-0.4, -0.2) is 32.7 Å². The van der Waals surface area contributed by atoms with Crippen molar-refractivity contribution in [1.82, 2.24) is 9.55 Å². The minimum Gasteiger partial charge on any atom is -0.497 e. The van der Waals surface area contributed by atoms with Gasteiger partial charge in [-0.15, -0.1) is 0 Å². The van der Waals surface area contributed by atoms with Gasteiger partial charge in [0.1, 0.15) is 11.6 Å². The van der Waals surface area contributed by atoms with E-state index in [1.54, 1.807) is 48.6 Å². The Labute approximate surface area is 187 Å². The van der Waals surface area contributed by atoms with Crippen molar-refractivity contribution in [3.8, 4) is 11.4 Å². The maximum absolute atomic E-state index is 13.5. The Balaban J connectivity index is 1.94. The largest absolute Gasteiger partial charge is 0.497 e. The number of methoxy groups -OCH3 is 1. The van der Waals surface area contributed by atoms with Gasteiger partial charge < -0.3 is 9.84 Å². The molecule has 1 heterocycles. The van der Waals surface area contributed by atoms with Gasteiger partial charge >= 0.3 is 5.97 Å². The summed E-state index contributed by atoms with van der Waals surface area (Å²) in [5, 5.41) is 20.7. The number of aromatic nitrogens is 2. The second-order valence-corrected chi connectivity index (χ2v) is 7.03. The van der Waals surface area contributed by atoms with E-state index in [9.17, 15) is 24.8 Å². The Morgan fingerprint density at radius 3 is 2.61 bits per heavy atom. The molecule has 33 heavy (non-hydrogen) atoms. The molecule has 0 bridgehead atoms.